The third kappa shape index (κ3) is 3.23. The van der Waals surface area contributed by atoms with Gasteiger partial charge in [-0.3, -0.25) is 9.59 Å². The fourth-order valence-corrected chi connectivity index (χ4v) is 3.15. The highest BCUT2D eigenvalue weighted by atomic mass is 35.5. The summed E-state index contributed by atoms with van der Waals surface area (Å²) in [5.74, 6) is -1.18. The lowest BCUT2D eigenvalue weighted by Gasteiger charge is -2.15. The average molecular weight is 288 g/mol. The second-order valence-electron chi connectivity index (χ2n) is 4.37. The van der Waals surface area contributed by atoms with Gasteiger partial charge in [-0.25, -0.2) is 0 Å². The van der Waals surface area contributed by atoms with Crippen LogP contribution >= 0.6 is 22.9 Å². The van der Waals surface area contributed by atoms with Gasteiger partial charge in [0.2, 0.25) is 5.91 Å². The first-order valence-electron chi connectivity index (χ1n) is 5.81. The topological polar surface area (TPSA) is 57.6 Å². The van der Waals surface area contributed by atoms with E-state index in [1.165, 1.54) is 11.3 Å². The van der Waals surface area contributed by atoms with Gasteiger partial charge in [0.1, 0.15) is 0 Å². The summed E-state index contributed by atoms with van der Waals surface area (Å²) in [7, 11) is 0. The van der Waals surface area contributed by atoms with Gasteiger partial charge in [0.25, 0.3) is 0 Å². The first-order chi connectivity index (χ1) is 8.56. The number of amides is 1. The Hall–Kier alpha value is -1.07. The molecular formula is C12H14ClNO3S. The maximum atomic E-state index is 11.9. The van der Waals surface area contributed by atoms with Gasteiger partial charge in [0.15, 0.2) is 0 Å². The largest absolute Gasteiger partial charge is 0.481 e. The van der Waals surface area contributed by atoms with Crippen molar-refractivity contribution in [3.8, 4) is 0 Å². The Morgan fingerprint density at radius 2 is 2.28 bits per heavy atom. The number of halogens is 1. The van der Waals surface area contributed by atoms with Gasteiger partial charge >= 0.3 is 5.97 Å². The Kier molecular flexibility index (Phi) is 4.24. The molecular weight excluding hydrogens is 274 g/mol. The molecule has 6 heteroatoms. The first kappa shape index (κ1) is 13.4. The predicted molar refractivity (Wildman–Crippen MR) is 70.0 cm³/mol. The van der Waals surface area contributed by atoms with Crippen LogP contribution in [0.4, 0.5) is 0 Å². The van der Waals surface area contributed by atoms with Crippen molar-refractivity contribution >= 4 is 34.8 Å². The molecule has 0 radical (unpaired) electrons. The lowest BCUT2D eigenvalue weighted by Crippen LogP contribution is -2.30. The van der Waals surface area contributed by atoms with Crippen LogP contribution in [-0.2, 0) is 16.0 Å². The third-order valence-electron chi connectivity index (χ3n) is 3.10. The highest BCUT2D eigenvalue weighted by Crippen LogP contribution is 2.23. The molecule has 4 nitrogen and oxygen atoms in total. The highest BCUT2D eigenvalue weighted by molar-refractivity contribution is 7.16. The monoisotopic (exact) mass is 287 g/mol. The summed E-state index contributed by atoms with van der Waals surface area (Å²) in [6.07, 6.45) is 1.65. The van der Waals surface area contributed by atoms with E-state index < -0.39 is 11.9 Å². The van der Waals surface area contributed by atoms with Crippen LogP contribution in [0.15, 0.2) is 12.1 Å². The van der Waals surface area contributed by atoms with Gasteiger partial charge in [0.05, 0.1) is 10.3 Å². The Morgan fingerprint density at radius 3 is 2.83 bits per heavy atom. The molecule has 2 rings (SSSR count). The number of thiophene rings is 1. The van der Waals surface area contributed by atoms with Crippen LogP contribution < -0.4 is 0 Å². The van der Waals surface area contributed by atoms with Crippen molar-refractivity contribution in [2.75, 3.05) is 13.1 Å². The fourth-order valence-electron chi connectivity index (χ4n) is 2.06. The van der Waals surface area contributed by atoms with Gasteiger partial charge in [-0.2, -0.15) is 0 Å². The highest BCUT2D eigenvalue weighted by Gasteiger charge is 2.30. The number of aryl methyl sites for hydroxylation is 1. The number of hydrogen-bond donors (Lipinski definition) is 1. The molecule has 1 aliphatic heterocycles. The molecule has 1 atom stereocenters. The Bertz CT molecular complexity index is 460. The van der Waals surface area contributed by atoms with E-state index in [-0.39, 0.29) is 5.91 Å². The summed E-state index contributed by atoms with van der Waals surface area (Å²) in [5, 5.41) is 8.87. The van der Waals surface area contributed by atoms with Gasteiger partial charge in [-0.15, -0.1) is 11.3 Å². The smallest absolute Gasteiger partial charge is 0.308 e. The maximum absolute atomic E-state index is 11.9. The SMILES string of the molecule is O=C(O)[C@@H]1CCN(C(=O)CCc2ccc(Cl)s2)C1. The number of carboxylic acid groups (broad SMARTS) is 1. The van der Waals surface area contributed by atoms with Crippen LogP contribution in [0.5, 0.6) is 0 Å². The molecule has 1 aliphatic rings. The van der Waals surface area contributed by atoms with Crippen LogP contribution in [0, 0.1) is 5.92 Å². The molecule has 0 saturated carbocycles. The normalized spacial score (nSPS) is 19.2. The number of carbonyl (C=O) groups is 2. The molecule has 0 unspecified atom stereocenters. The van der Waals surface area contributed by atoms with Crippen molar-refractivity contribution in [1.29, 1.82) is 0 Å². The van der Waals surface area contributed by atoms with E-state index >= 15 is 0 Å². The Balaban J connectivity index is 1.80. The predicted octanol–water partition coefficient (Wildman–Crippen LogP) is 2.27. The van der Waals surface area contributed by atoms with Crippen LogP contribution in [0.1, 0.15) is 17.7 Å². The van der Waals surface area contributed by atoms with Gasteiger partial charge < -0.3 is 10.0 Å². The Labute approximate surface area is 114 Å². The van der Waals surface area contributed by atoms with Crippen molar-refractivity contribution in [2.24, 2.45) is 5.92 Å². The number of carbonyl (C=O) groups excluding carboxylic acids is 1. The minimum absolute atomic E-state index is 0.0308. The maximum Gasteiger partial charge on any atom is 0.308 e. The summed E-state index contributed by atoms with van der Waals surface area (Å²) in [6, 6.07) is 3.74. The van der Waals surface area contributed by atoms with Crippen molar-refractivity contribution in [3.05, 3.63) is 21.3 Å². The van der Waals surface area contributed by atoms with Crippen LogP contribution in [-0.4, -0.2) is 35.0 Å². The summed E-state index contributed by atoms with van der Waals surface area (Å²) < 4.78 is 0.726. The summed E-state index contributed by atoms with van der Waals surface area (Å²) >= 11 is 7.29. The minimum Gasteiger partial charge on any atom is -0.481 e. The lowest BCUT2D eigenvalue weighted by molar-refractivity contribution is -0.141. The minimum atomic E-state index is -0.810. The van der Waals surface area contributed by atoms with E-state index in [0.29, 0.717) is 32.4 Å². The summed E-state index contributed by atoms with van der Waals surface area (Å²) in [5.41, 5.74) is 0. The molecule has 1 amide bonds. The zero-order valence-corrected chi connectivity index (χ0v) is 11.3. The van der Waals surface area contributed by atoms with Crippen LogP contribution in [0.2, 0.25) is 4.34 Å². The van der Waals surface area contributed by atoms with Crippen molar-refractivity contribution in [2.45, 2.75) is 19.3 Å². The van der Waals surface area contributed by atoms with Crippen molar-refractivity contribution in [3.63, 3.8) is 0 Å². The van der Waals surface area contributed by atoms with Crippen molar-refractivity contribution in [1.82, 2.24) is 4.90 Å². The number of hydrogen-bond acceptors (Lipinski definition) is 3. The zero-order valence-electron chi connectivity index (χ0n) is 9.76. The van der Waals surface area contributed by atoms with Crippen molar-refractivity contribution < 1.29 is 14.7 Å². The number of likely N-dealkylation sites (tertiary alicyclic amines) is 1. The second kappa shape index (κ2) is 5.71. The van der Waals surface area contributed by atoms with E-state index in [1.54, 1.807) is 4.90 Å². The third-order valence-corrected chi connectivity index (χ3v) is 4.40. The van der Waals surface area contributed by atoms with Gasteiger partial charge in [-0.05, 0) is 25.0 Å². The first-order valence-corrected chi connectivity index (χ1v) is 7.00. The number of nitrogens with zero attached hydrogens (tertiary/aromatic N) is 1. The van der Waals surface area contributed by atoms with E-state index in [9.17, 15) is 9.59 Å². The molecule has 0 bridgehead atoms. The summed E-state index contributed by atoms with van der Waals surface area (Å²) in [6.45, 7) is 0.903. The van der Waals surface area contributed by atoms with Crippen LogP contribution in [0.25, 0.3) is 0 Å². The van der Waals surface area contributed by atoms with Gasteiger partial charge in [0, 0.05) is 24.4 Å². The van der Waals surface area contributed by atoms with E-state index in [4.69, 9.17) is 16.7 Å². The molecule has 1 aromatic heterocycles. The molecule has 1 aromatic rings. The lowest BCUT2D eigenvalue weighted by atomic mass is 10.1. The summed E-state index contributed by atoms with van der Waals surface area (Å²) in [4.78, 5) is 25.4. The average Bonchev–Trinajstić information content (AvgIpc) is 2.94. The molecule has 1 N–H and O–H groups in total. The molecule has 1 saturated heterocycles. The van der Waals surface area contributed by atoms with E-state index in [0.717, 1.165) is 9.21 Å². The zero-order chi connectivity index (χ0) is 13.1. The molecule has 2 heterocycles. The number of rotatable bonds is 4. The fraction of sp³-hybridized carbons (Fsp3) is 0.500. The van der Waals surface area contributed by atoms with Gasteiger partial charge in [-0.1, -0.05) is 11.6 Å². The molecule has 98 valence electrons. The van der Waals surface area contributed by atoms with E-state index in [1.807, 2.05) is 12.1 Å². The molecule has 0 aliphatic carbocycles. The second-order valence-corrected chi connectivity index (χ2v) is 6.17. The number of aliphatic carboxylic acids is 1. The molecule has 18 heavy (non-hydrogen) atoms. The molecule has 0 aromatic carbocycles. The molecule has 0 spiro atoms. The quantitative estimate of drug-likeness (QED) is 0.924. The molecule has 1 fully saturated rings. The van der Waals surface area contributed by atoms with E-state index in [2.05, 4.69) is 0 Å². The Morgan fingerprint density at radius 1 is 1.50 bits per heavy atom. The standard InChI is InChI=1S/C12H14ClNO3S/c13-10-3-1-9(18-10)2-4-11(15)14-6-5-8(7-14)12(16)17/h1,3,8H,2,4-7H2,(H,16,17)/t8-/m1/s1. The number of carboxylic acids is 1. The van der Waals surface area contributed by atoms with Crippen LogP contribution in [0.3, 0.4) is 0 Å².